The van der Waals surface area contributed by atoms with Crippen molar-refractivity contribution in [2.45, 2.75) is 74.8 Å². The Hall–Kier alpha value is -2.52. The van der Waals surface area contributed by atoms with Gasteiger partial charge in [-0.25, -0.2) is 0 Å². The monoisotopic (exact) mass is 435 g/mol. The molecule has 0 fully saturated rings. The average Bonchev–Trinajstić information content (AvgIpc) is 3.17. The standard InChI is InChI=1S/C23H27N3.3C2H6/c1-3-17-26(4-2)18-19-11-13-21(14-12-19)23-22(24-15-16-25-23)20-9-7-5-6-8-10-20;3*1-2/h5-9,11-16H,3-4,10,17-18H2,1-2H3;3*1-2H3. The summed E-state index contributed by atoms with van der Waals surface area (Å²) in [6.07, 6.45) is 16.1. The van der Waals surface area contributed by atoms with Crippen molar-refractivity contribution in [2.24, 2.45) is 0 Å². The number of benzene rings is 1. The van der Waals surface area contributed by atoms with Gasteiger partial charge in [0.2, 0.25) is 0 Å². The van der Waals surface area contributed by atoms with Gasteiger partial charge in [-0.1, -0.05) is 110 Å². The summed E-state index contributed by atoms with van der Waals surface area (Å²) in [5.41, 5.74) is 5.58. The van der Waals surface area contributed by atoms with E-state index in [1.807, 2.05) is 47.6 Å². The van der Waals surface area contributed by atoms with Crippen LogP contribution in [0.25, 0.3) is 16.8 Å². The Morgan fingerprint density at radius 3 is 2.00 bits per heavy atom. The minimum Gasteiger partial charge on any atom is -0.299 e. The first-order valence-corrected chi connectivity index (χ1v) is 12.5. The van der Waals surface area contributed by atoms with E-state index in [0.29, 0.717) is 0 Å². The van der Waals surface area contributed by atoms with Gasteiger partial charge in [-0.3, -0.25) is 14.9 Å². The first kappa shape index (κ1) is 29.5. The lowest BCUT2D eigenvalue weighted by Crippen LogP contribution is -2.23. The molecule has 0 unspecified atom stereocenters. The molecule has 0 atom stereocenters. The maximum Gasteiger partial charge on any atom is 0.0961 e. The fourth-order valence-corrected chi connectivity index (χ4v) is 3.23. The van der Waals surface area contributed by atoms with E-state index >= 15 is 0 Å². The third-order valence-corrected chi connectivity index (χ3v) is 4.62. The number of aromatic nitrogens is 2. The van der Waals surface area contributed by atoms with Crippen LogP contribution in [0.2, 0.25) is 0 Å². The van der Waals surface area contributed by atoms with Crippen molar-refractivity contribution in [2.75, 3.05) is 13.1 Å². The van der Waals surface area contributed by atoms with Crippen LogP contribution in [0.1, 0.15) is 79.5 Å². The van der Waals surface area contributed by atoms with Crippen molar-refractivity contribution >= 4 is 5.57 Å². The van der Waals surface area contributed by atoms with Gasteiger partial charge in [0, 0.05) is 24.5 Å². The quantitative estimate of drug-likeness (QED) is 0.437. The minimum atomic E-state index is 0.874. The maximum atomic E-state index is 4.63. The van der Waals surface area contributed by atoms with Crippen LogP contribution in [-0.2, 0) is 6.54 Å². The molecule has 1 aromatic carbocycles. The molecule has 3 heteroatoms. The van der Waals surface area contributed by atoms with Crippen molar-refractivity contribution in [1.82, 2.24) is 14.9 Å². The molecule has 0 bridgehead atoms. The van der Waals surface area contributed by atoms with Crippen molar-refractivity contribution in [3.63, 3.8) is 0 Å². The van der Waals surface area contributed by atoms with E-state index < -0.39 is 0 Å². The zero-order valence-electron chi connectivity index (χ0n) is 21.7. The smallest absolute Gasteiger partial charge is 0.0961 e. The number of hydrogen-bond donors (Lipinski definition) is 0. The van der Waals surface area contributed by atoms with Crippen molar-refractivity contribution in [3.05, 3.63) is 78.3 Å². The fourth-order valence-electron chi connectivity index (χ4n) is 3.23. The van der Waals surface area contributed by atoms with E-state index in [9.17, 15) is 0 Å². The van der Waals surface area contributed by atoms with Gasteiger partial charge in [0.1, 0.15) is 0 Å². The molecule has 176 valence electrons. The Bertz CT molecular complexity index is 801. The highest BCUT2D eigenvalue weighted by atomic mass is 15.1. The van der Waals surface area contributed by atoms with Gasteiger partial charge in [0.05, 0.1) is 11.4 Å². The van der Waals surface area contributed by atoms with Crippen LogP contribution in [0.4, 0.5) is 0 Å². The Morgan fingerprint density at radius 1 is 0.781 bits per heavy atom. The van der Waals surface area contributed by atoms with Crippen LogP contribution >= 0.6 is 0 Å². The number of hydrogen-bond acceptors (Lipinski definition) is 3. The molecule has 1 aromatic heterocycles. The Balaban J connectivity index is 0.00000148. The molecule has 0 N–H and O–H groups in total. The summed E-state index contributed by atoms with van der Waals surface area (Å²) >= 11 is 0. The second-order valence-electron chi connectivity index (χ2n) is 6.53. The highest BCUT2D eigenvalue weighted by molar-refractivity contribution is 5.78. The molecule has 2 aromatic rings. The molecule has 3 rings (SSSR count). The molecule has 1 heterocycles. The predicted molar refractivity (Wildman–Crippen MR) is 144 cm³/mol. The van der Waals surface area contributed by atoms with E-state index in [4.69, 9.17) is 0 Å². The van der Waals surface area contributed by atoms with Crippen molar-refractivity contribution in [3.8, 4) is 11.3 Å². The van der Waals surface area contributed by atoms with E-state index in [1.54, 1.807) is 12.4 Å². The maximum absolute atomic E-state index is 4.63. The Labute approximate surface area is 198 Å². The van der Waals surface area contributed by atoms with Gasteiger partial charge in [0.25, 0.3) is 0 Å². The van der Waals surface area contributed by atoms with Crippen molar-refractivity contribution < 1.29 is 0 Å². The Morgan fingerprint density at radius 2 is 1.41 bits per heavy atom. The predicted octanol–water partition coefficient (Wildman–Crippen LogP) is 8.35. The van der Waals surface area contributed by atoms with Crippen LogP contribution in [-0.4, -0.2) is 28.0 Å². The second kappa shape index (κ2) is 19.2. The number of rotatable bonds is 7. The molecular formula is C29H45N3. The summed E-state index contributed by atoms with van der Waals surface area (Å²) in [6, 6.07) is 8.78. The lowest BCUT2D eigenvalue weighted by molar-refractivity contribution is 0.280. The van der Waals surface area contributed by atoms with E-state index in [0.717, 1.165) is 43.0 Å². The molecule has 1 aliphatic rings. The van der Waals surface area contributed by atoms with Gasteiger partial charge >= 0.3 is 0 Å². The van der Waals surface area contributed by atoms with E-state index in [-0.39, 0.29) is 0 Å². The van der Waals surface area contributed by atoms with Gasteiger partial charge in [-0.15, -0.1) is 0 Å². The largest absolute Gasteiger partial charge is 0.299 e. The zero-order valence-corrected chi connectivity index (χ0v) is 21.7. The van der Waals surface area contributed by atoms with Crippen LogP contribution in [0.5, 0.6) is 0 Å². The molecule has 0 spiro atoms. The summed E-state index contributed by atoms with van der Waals surface area (Å²) in [5, 5.41) is 0. The second-order valence-corrected chi connectivity index (χ2v) is 6.53. The molecule has 0 saturated heterocycles. The van der Waals surface area contributed by atoms with Crippen LogP contribution < -0.4 is 0 Å². The van der Waals surface area contributed by atoms with Gasteiger partial charge in [-0.2, -0.15) is 0 Å². The average molecular weight is 436 g/mol. The number of nitrogens with zero attached hydrogens (tertiary/aromatic N) is 3. The minimum absolute atomic E-state index is 0.874. The summed E-state index contributed by atoms with van der Waals surface area (Å²) < 4.78 is 0. The summed E-state index contributed by atoms with van der Waals surface area (Å²) in [7, 11) is 0. The third kappa shape index (κ3) is 9.74. The van der Waals surface area contributed by atoms with Gasteiger partial charge in [0.15, 0.2) is 0 Å². The van der Waals surface area contributed by atoms with Crippen molar-refractivity contribution in [1.29, 1.82) is 0 Å². The van der Waals surface area contributed by atoms with E-state index in [2.05, 4.69) is 77.3 Å². The van der Waals surface area contributed by atoms with Gasteiger partial charge < -0.3 is 0 Å². The SMILES string of the molecule is CC.CC.CC.CCCN(CC)Cc1ccc(-c2nccnc2C2=CC=CC=CC2)cc1. The molecule has 1 aliphatic carbocycles. The third-order valence-electron chi connectivity index (χ3n) is 4.62. The van der Waals surface area contributed by atoms with Crippen LogP contribution in [0.3, 0.4) is 0 Å². The topological polar surface area (TPSA) is 29.0 Å². The molecule has 0 saturated carbocycles. The zero-order chi connectivity index (χ0) is 24.2. The molecular weight excluding hydrogens is 390 g/mol. The molecule has 32 heavy (non-hydrogen) atoms. The fraction of sp³-hybridized carbons (Fsp3) is 0.448. The number of allylic oxidation sites excluding steroid dienone is 6. The lowest BCUT2D eigenvalue weighted by atomic mass is 10.0. The highest BCUT2D eigenvalue weighted by Crippen LogP contribution is 2.28. The summed E-state index contributed by atoms with van der Waals surface area (Å²) in [5.74, 6) is 0. The first-order chi connectivity index (χ1) is 15.8. The molecule has 0 amide bonds. The molecule has 0 radical (unpaired) electrons. The normalized spacial score (nSPS) is 11.7. The lowest BCUT2D eigenvalue weighted by Gasteiger charge is -2.19. The summed E-state index contributed by atoms with van der Waals surface area (Å²) in [6.45, 7) is 19.7. The van der Waals surface area contributed by atoms with Crippen LogP contribution in [0.15, 0.2) is 67.0 Å². The first-order valence-electron chi connectivity index (χ1n) is 12.5. The Kier molecular flexibility index (Phi) is 17.7. The molecule has 0 aliphatic heterocycles. The summed E-state index contributed by atoms with van der Waals surface area (Å²) in [4.78, 5) is 11.7. The highest BCUT2D eigenvalue weighted by Gasteiger charge is 2.12. The molecule has 3 nitrogen and oxygen atoms in total. The van der Waals surface area contributed by atoms with Gasteiger partial charge in [-0.05, 0) is 37.1 Å². The van der Waals surface area contributed by atoms with E-state index in [1.165, 1.54) is 17.6 Å². The van der Waals surface area contributed by atoms with Crippen LogP contribution in [0, 0.1) is 0 Å².